The number of aryl methyl sites for hydroxylation is 1. The van der Waals surface area contributed by atoms with E-state index >= 15 is 0 Å². The Bertz CT molecular complexity index is 649. The number of amides is 1. The number of anilines is 2. The van der Waals surface area contributed by atoms with Gasteiger partial charge in [-0.15, -0.1) is 0 Å². The van der Waals surface area contributed by atoms with Gasteiger partial charge in [-0.25, -0.2) is 0 Å². The van der Waals surface area contributed by atoms with Gasteiger partial charge in [0.2, 0.25) is 5.91 Å². The maximum absolute atomic E-state index is 12.2. The van der Waals surface area contributed by atoms with E-state index in [9.17, 15) is 4.79 Å². The third kappa shape index (κ3) is 4.29. The average molecular weight is 333 g/mol. The number of carbonyl (C=O) groups is 1. The minimum atomic E-state index is -0.0260. The molecule has 1 fully saturated rings. The Kier molecular flexibility index (Phi) is 5.23. The van der Waals surface area contributed by atoms with Crippen LogP contribution < -0.4 is 10.2 Å². The number of piperidine rings is 1. The van der Waals surface area contributed by atoms with Gasteiger partial charge in [-0.05, 0) is 49.6 Å². The smallest absolute Gasteiger partial charge is 0.224 e. The molecule has 1 aliphatic rings. The van der Waals surface area contributed by atoms with E-state index in [1.54, 1.807) is 6.26 Å². The molecule has 2 aromatic rings. The molecule has 0 bridgehead atoms. The van der Waals surface area contributed by atoms with Gasteiger partial charge in [0.05, 0.1) is 17.6 Å². The summed E-state index contributed by atoms with van der Waals surface area (Å²) >= 11 is 6.11. The molecule has 0 atom stereocenters. The van der Waals surface area contributed by atoms with Crippen molar-refractivity contribution in [2.75, 3.05) is 23.3 Å². The van der Waals surface area contributed by atoms with Gasteiger partial charge in [-0.3, -0.25) is 4.79 Å². The molecule has 1 aromatic heterocycles. The zero-order valence-electron chi connectivity index (χ0n) is 13.1. The molecule has 1 N–H and O–H groups in total. The standard InChI is InChI=1S/C18H21ClN2O2/c19-14-6-8-17(21-10-2-1-3-11-21)16(13-14)20-18(22)9-7-15-5-4-12-23-15/h4-6,8,12-13H,1-3,7,9-11H2,(H,20,22). The van der Waals surface area contributed by atoms with Gasteiger partial charge in [0, 0.05) is 31.0 Å². The molecule has 0 aliphatic carbocycles. The lowest BCUT2D eigenvalue weighted by Gasteiger charge is -2.30. The molecule has 1 amide bonds. The zero-order valence-corrected chi connectivity index (χ0v) is 13.8. The Morgan fingerprint density at radius 3 is 2.78 bits per heavy atom. The molecular formula is C18H21ClN2O2. The number of hydrogen-bond acceptors (Lipinski definition) is 3. The van der Waals surface area contributed by atoms with Crippen LogP contribution in [0.2, 0.25) is 5.02 Å². The molecule has 5 heteroatoms. The molecule has 4 nitrogen and oxygen atoms in total. The van der Waals surface area contributed by atoms with Gasteiger partial charge in [0.15, 0.2) is 0 Å². The van der Waals surface area contributed by atoms with E-state index in [2.05, 4.69) is 10.2 Å². The highest BCUT2D eigenvalue weighted by atomic mass is 35.5. The maximum Gasteiger partial charge on any atom is 0.224 e. The van der Waals surface area contributed by atoms with Crippen LogP contribution >= 0.6 is 11.6 Å². The predicted molar refractivity (Wildman–Crippen MR) is 93.2 cm³/mol. The van der Waals surface area contributed by atoms with Gasteiger partial charge in [0.25, 0.3) is 0 Å². The van der Waals surface area contributed by atoms with Crippen molar-refractivity contribution in [3.63, 3.8) is 0 Å². The number of furan rings is 1. The summed E-state index contributed by atoms with van der Waals surface area (Å²) in [5.74, 6) is 0.796. The SMILES string of the molecule is O=C(CCc1ccco1)Nc1cc(Cl)ccc1N1CCCCC1. The van der Waals surface area contributed by atoms with E-state index in [0.29, 0.717) is 17.9 Å². The van der Waals surface area contributed by atoms with Gasteiger partial charge in [-0.2, -0.15) is 0 Å². The second-order valence-electron chi connectivity index (χ2n) is 5.84. The minimum Gasteiger partial charge on any atom is -0.469 e. The van der Waals surface area contributed by atoms with Crippen LogP contribution in [-0.4, -0.2) is 19.0 Å². The zero-order chi connectivity index (χ0) is 16.1. The fourth-order valence-electron chi connectivity index (χ4n) is 2.92. The summed E-state index contributed by atoms with van der Waals surface area (Å²) in [7, 11) is 0. The molecule has 1 saturated heterocycles. The summed E-state index contributed by atoms with van der Waals surface area (Å²) in [6.07, 6.45) is 6.26. The van der Waals surface area contributed by atoms with Crippen LogP contribution in [0.3, 0.4) is 0 Å². The first-order valence-electron chi connectivity index (χ1n) is 8.09. The largest absolute Gasteiger partial charge is 0.469 e. The van der Waals surface area contributed by atoms with Gasteiger partial charge in [0.1, 0.15) is 5.76 Å². The summed E-state index contributed by atoms with van der Waals surface area (Å²) in [6, 6.07) is 9.42. The Balaban J connectivity index is 1.67. The van der Waals surface area contributed by atoms with Crippen molar-refractivity contribution in [2.24, 2.45) is 0 Å². The molecule has 0 saturated carbocycles. The molecule has 0 unspecified atom stereocenters. The summed E-state index contributed by atoms with van der Waals surface area (Å²) < 4.78 is 5.26. The molecule has 122 valence electrons. The van der Waals surface area contributed by atoms with Crippen LogP contribution in [0.1, 0.15) is 31.4 Å². The van der Waals surface area contributed by atoms with Crippen LogP contribution in [-0.2, 0) is 11.2 Å². The summed E-state index contributed by atoms with van der Waals surface area (Å²) in [5.41, 5.74) is 1.85. The lowest BCUT2D eigenvalue weighted by Crippen LogP contribution is -2.30. The molecule has 0 radical (unpaired) electrons. The van der Waals surface area contributed by atoms with E-state index in [4.69, 9.17) is 16.0 Å². The van der Waals surface area contributed by atoms with Crippen molar-refractivity contribution < 1.29 is 9.21 Å². The quantitative estimate of drug-likeness (QED) is 0.877. The third-order valence-corrected chi connectivity index (χ3v) is 4.34. The van der Waals surface area contributed by atoms with Crippen molar-refractivity contribution in [3.05, 3.63) is 47.4 Å². The van der Waals surface area contributed by atoms with Crippen LogP contribution in [0.15, 0.2) is 41.0 Å². The number of nitrogens with zero attached hydrogens (tertiary/aromatic N) is 1. The first-order chi connectivity index (χ1) is 11.2. The van der Waals surface area contributed by atoms with Crippen molar-refractivity contribution in [3.8, 4) is 0 Å². The monoisotopic (exact) mass is 332 g/mol. The molecule has 2 heterocycles. The number of rotatable bonds is 5. The lowest BCUT2D eigenvalue weighted by atomic mass is 10.1. The normalized spacial score (nSPS) is 14.7. The second kappa shape index (κ2) is 7.55. The van der Waals surface area contributed by atoms with Gasteiger partial charge < -0.3 is 14.6 Å². The average Bonchev–Trinajstić information content (AvgIpc) is 3.07. The third-order valence-electron chi connectivity index (χ3n) is 4.11. The van der Waals surface area contributed by atoms with E-state index in [1.807, 2.05) is 30.3 Å². The highest BCUT2D eigenvalue weighted by molar-refractivity contribution is 6.31. The van der Waals surface area contributed by atoms with Crippen molar-refractivity contribution in [1.29, 1.82) is 0 Å². The summed E-state index contributed by atoms with van der Waals surface area (Å²) in [4.78, 5) is 14.6. The van der Waals surface area contributed by atoms with Gasteiger partial charge >= 0.3 is 0 Å². The Morgan fingerprint density at radius 2 is 2.04 bits per heavy atom. The highest BCUT2D eigenvalue weighted by Gasteiger charge is 2.16. The summed E-state index contributed by atoms with van der Waals surface area (Å²) in [6.45, 7) is 2.05. The number of halogens is 1. The lowest BCUT2D eigenvalue weighted by molar-refractivity contribution is -0.116. The topological polar surface area (TPSA) is 45.5 Å². The van der Waals surface area contributed by atoms with Crippen molar-refractivity contribution in [1.82, 2.24) is 0 Å². The van der Waals surface area contributed by atoms with Crippen LogP contribution in [0.25, 0.3) is 0 Å². The molecule has 1 aliphatic heterocycles. The fraction of sp³-hybridized carbons (Fsp3) is 0.389. The molecule has 23 heavy (non-hydrogen) atoms. The van der Waals surface area contributed by atoms with E-state index in [0.717, 1.165) is 30.2 Å². The van der Waals surface area contributed by atoms with Crippen molar-refractivity contribution >= 4 is 28.9 Å². The van der Waals surface area contributed by atoms with Crippen LogP contribution in [0.5, 0.6) is 0 Å². The maximum atomic E-state index is 12.2. The second-order valence-corrected chi connectivity index (χ2v) is 6.27. The Labute approximate surface area is 141 Å². The number of hydrogen-bond donors (Lipinski definition) is 1. The predicted octanol–water partition coefficient (Wildman–Crippen LogP) is 4.49. The number of benzene rings is 1. The highest BCUT2D eigenvalue weighted by Crippen LogP contribution is 2.31. The minimum absolute atomic E-state index is 0.0260. The summed E-state index contributed by atoms with van der Waals surface area (Å²) in [5, 5.41) is 3.64. The van der Waals surface area contributed by atoms with E-state index in [-0.39, 0.29) is 5.91 Å². The van der Waals surface area contributed by atoms with Crippen LogP contribution in [0, 0.1) is 0 Å². The fourth-order valence-corrected chi connectivity index (χ4v) is 3.10. The van der Waals surface area contributed by atoms with Crippen molar-refractivity contribution in [2.45, 2.75) is 32.1 Å². The van der Waals surface area contributed by atoms with Gasteiger partial charge in [-0.1, -0.05) is 11.6 Å². The first kappa shape index (κ1) is 15.9. The van der Waals surface area contributed by atoms with E-state index < -0.39 is 0 Å². The van der Waals surface area contributed by atoms with E-state index in [1.165, 1.54) is 19.3 Å². The molecule has 3 rings (SSSR count). The Morgan fingerprint density at radius 1 is 1.22 bits per heavy atom. The first-order valence-corrected chi connectivity index (χ1v) is 8.47. The molecular weight excluding hydrogens is 312 g/mol. The molecule has 1 aromatic carbocycles. The van der Waals surface area contributed by atoms with Crippen LogP contribution in [0.4, 0.5) is 11.4 Å². The number of carbonyl (C=O) groups excluding carboxylic acids is 1. The number of nitrogens with one attached hydrogen (secondary N) is 1. The molecule has 0 spiro atoms. The Hall–Kier alpha value is -1.94.